The van der Waals surface area contributed by atoms with Gasteiger partial charge in [-0.3, -0.25) is 20.2 Å². The van der Waals surface area contributed by atoms with Crippen LogP contribution in [-0.4, -0.2) is 35.1 Å². The molecule has 2 aromatic rings. The first kappa shape index (κ1) is 21.8. The number of ether oxygens (including phenoxy) is 2. The number of esters is 1. The molecular weight excluding hydrogens is 398 g/mol. The van der Waals surface area contributed by atoms with Crippen LogP contribution in [0.2, 0.25) is 0 Å². The summed E-state index contributed by atoms with van der Waals surface area (Å²) in [6.07, 6.45) is 0. The van der Waals surface area contributed by atoms with Crippen LogP contribution >= 0.6 is 12.2 Å². The number of anilines is 1. The molecule has 9 nitrogen and oxygen atoms in total. The molecule has 0 radical (unpaired) electrons. The number of carbonyl (C=O) groups excluding carboxylic acids is 2. The van der Waals surface area contributed by atoms with Gasteiger partial charge in [0.25, 0.3) is 5.91 Å². The van der Waals surface area contributed by atoms with Crippen molar-refractivity contribution in [3.05, 3.63) is 63.7 Å². The lowest BCUT2D eigenvalue weighted by Gasteiger charge is -2.11. The molecule has 0 bridgehead atoms. The number of hydrogen-bond acceptors (Lipinski definition) is 7. The second-order valence-corrected chi connectivity index (χ2v) is 5.99. The van der Waals surface area contributed by atoms with Gasteiger partial charge in [-0.2, -0.15) is 0 Å². The molecule has 2 N–H and O–H groups in total. The molecule has 0 saturated heterocycles. The lowest BCUT2D eigenvalue weighted by atomic mass is 10.1. The fourth-order valence-electron chi connectivity index (χ4n) is 2.32. The zero-order chi connectivity index (χ0) is 21.4. The number of thiocarbonyl (C=S) groups is 1. The van der Waals surface area contributed by atoms with E-state index in [0.717, 1.165) is 6.07 Å². The molecule has 0 aliphatic heterocycles. The number of nitro groups is 1. The zero-order valence-corrected chi connectivity index (χ0v) is 16.6. The van der Waals surface area contributed by atoms with Crippen molar-refractivity contribution in [1.82, 2.24) is 5.32 Å². The van der Waals surface area contributed by atoms with Crippen LogP contribution in [0.1, 0.15) is 34.6 Å². The molecule has 152 valence electrons. The summed E-state index contributed by atoms with van der Waals surface area (Å²) in [5, 5.41) is 16.4. The van der Waals surface area contributed by atoms with Crippen molar-refractivity contribution in [2.75, 3.05) is 18.5 Å². The van der Waals surface area contributed by atoms with Gasteiger partial charge >= 0.3 is 11.7 Å². The van der Waals surface area contributed by atoms with Crippen LogP contribution in [0.4, 0.5) is 11.4 Å². The van der Waals surface area contributed by atoms with Crippen molar-refractivity contribution in [2.24, 2.45) is 0 Å². The van der Waals surface area contributed by atoms with Crippen LogP contribution in [0, 0.1) is 10.1 Å². The normalized spacial score (nSPS) is 10.0. The molecule has 0 heterocycles. The molecule has 0 aromatic heterocycles. The van der Waals surface area contributed by atoms with Crippen molar-refractivity contribution in [2.45, 2.75) is 13.8 Å². The Balaban J connectivity index is 2.03. The van der Waals surface area contributed by atoms with E-state index in [9.17, 15) is 19.7 Å². The average Bonchev–Trinajstić information content (AvgIpc) is 2.69. The molecule has 10 heteroatoms. The van der Waals surface area contributed by atoms with Gasteiger partial charge in [-0.05, 0) is 62.5 Å². The third kappa shape index (κ3) is 5.98. The third-order valence-corrected chi connectivity index (χ3v) is 3.80. The van der Waals surface area contributed by atoms with Crippen LogP contribution in [0.25, 0.3) is 0 Å². The van der Waals surface area contributed by atoms with Gasteiger partial charge in [0, 0.05) is 17.3 Å². The summed E-state index contributed by atoms with van der Waals surface area (Å²) in [6, 6.07) is 10.2. The lowest BCUT2D eigenvalue weighted by Crippen LogP contribution is -2.34. The summed E-state index contributed by atoms with van der Waals surface area (Å²) in [4.78, 5) is 34.5. The summed E-state index contributed by atoms with van der Waals surface area (Å²) in [6.45, 7) is 3.95. The van der Waals surface area contributed by atoms with E-state index in [4.69, 9.17) is 21.7 Å². The summed E-state index contributed by atoms with van der Waals surface area (Å²) in [5.74, 6) is -0.972. The van der Waals surface area contributed by atoms with Crippen LogP contribution in [0.15, 0.2) is 42.5 Å². The number of carbonyl (C=O) groups is 2. The van der Waals surface area contributed by atoms with Crippen molar-refractivity contribution < 1.29 is 24.0 Å². The van der Waals surface area contributed by atoms with Crippen molar-refractivity contribution in [1.29, 1.82) is 0 Å². The highest BCUT2D eigenvalue weighted by atomic mass is 32.1. The Kier molecular flexibility index (Phi) is 7.61. The second kappa shape index (κ2) is 10.1. The molecule has 2 rings (SSSR count). The molecule has 0 spiro atoms. The van der Waals surface area contributed by atoms with Crippen molar-refractivity contribution in [3.63, 3.8) is 0 Å². The van der Waals surface area contributed by atoms with Gasteiger partial charge in [0.05, 0.1) is 23.7 Å². The topological polar surface area (TPSA) is 120 Å². The molecule has 0 aliphatic carbocycles. The van der Waals surface area contributed by atoms with E-state index < -0.39 is 16.8 Å². The second-order valence-electron chi connectivity index (χ2n) is 5.58. The van der Waals surface area contributed by atoms with Crippen LogP contribution in [0.3, 0.4) is 0 Å². The van der Waals surface area contributed by atoms with E-state index in [0.29, 0.717) is 11.3 Å². The number of rotatable bonds is 7. The Morgan fingerprint density at radius 3 is 2.31 bits per heavy atom. The van der Waals surface area contributed by atoms with Crippen LogP contribution in [-0.2, 0) is 4.74 Å². The number of benzene rings is 2. The average molecular weight is 417 g/mol. The highest BCUT2D eigenvalue weighted by Crippen LogP contribution is 2.28. The molecule has 29 heavy (non-hydrogen) atoms. The standard InChI is InChI=1S/C19H19N3O6S/c1-3-27-16-10-7-13(11-15(16)22(25)26)17(23)21-19(29)20-14-8-5-12(6-9-14)18(24)28-4-2/h5-11H,3-4H2,1-2H3,(H2,20,21,23,29). The number of nitrogens with zero attached hydrogens (tertiary/aromatic N) is 1. The van der Waals surface area contributed by atoms with Gasteiger partial charge in [-0.15, -0.1) is 0 Å². The van der Waals surface area contributed by atoms with E-state index in [1.54, 1.807) is 38.1 Å². The maximum absolute atomic E-state index is 12.3. The molecular formula is C19H19N3O6S. The Bertz CT molecular complexity index is 930. The Morgan fingerprint density at radius 2 is 1.72 bits per heavy atom. The summed E-state index contributed by atoms with van der Waals surface area (Å²) in [5.41, 5.74) is 0.671. The maximum Gasteiger partial charge on any atom is 0.338 e. The number of amides is 1. The molecule has 0 unspecified atom stereocenters. The quantitative estimate of drug-likeness (QED) is 0.305. The number of nitrogens with one attached hydrogen (secondary N) is 2. The summed E-state index contributed by atoms with van der Waals surface area (Å²) >= 11 is 5.10. The minimum Gasteiger partial charge on any atom is -0.487 e. The van der Waals surface area contributed by atoms with Gasteiger partial charge in [0.2, 0.25) is 0 Å². The van der Waals surface area contributed by atoms with E-state index in [2.05, 4.69) is 10.6 Å². The minimum absolute atomic E-state index is 0.00424. The Morgan fingerprint density at radius 1 is 1.07 bits per heavy atom. The highest BCUT2D eigenvalue weighted by Gasteiger charge is 2.19. The van der Waals surface area contributed by atoms with Gasteiger partial charge in [-0.25, -0.2) is 4.79 Å². The first-order valence-electron chi connectivity index (χ1n) is 8.66. The van der Waals surface area contributed by atoms with Gasteiger partial charge in [0.1, 0.15) is 0 Å². The van der Waals surface area contributed by atoms with Crippen molar-refractivity contribution >= 4 is 40.6 Å². The van der Waals surface area contributed by atoms with Gasteiger partial charge in [0.15, 0.2) is 10.9 Å². The summed E-state index contributed by atoms with van der Waals surface area (Å²) < 4.78 is 10.1. The van der Waals surface area contributed by atoms with Gasteiger partial charge < -0.3 is 14.8 Å². The van der Waals surface area contributed by atoms with Crippen LogP contribution in [0.5, 0.6) is 5.75 Å². The molecule has 2 aromatic carbocycles. The van der Waals surface area contributed by atoms with Crippen molar-refractivity contribution in [3.8, 4) is 5.75 Å². The fraction of sp³-hybridized carbons (Fsp3) is 0.211. The van der Waals surface area contributed by atoms with E-state index in [1.165, 1.54) is 12.1 Å². The molecule has 1 amide bonds. The Hall–Kier alpha value is -3.53. The number of nitro benzene ring substituents is 1. The Labute approximate surface area is 172 Å². The van der Waals surface area contributed by atoms with E-state index in [-0.39, 0.29) is 35.3 Å². The van der Waals surface area contributed by atoms with Crippen LogP contribution < -0.4 is 15.4 Å². The minimum atomic E-state index is -0.622. The number of hydrogen-bond donors (Lipinski definition) is 2. The third-order valence-electron chi connectivity index (χ3n) is 3.60. The first-order valence-corrected chi connectivity index (χ1v) is 9.07. The highest BCUT2D eigenvalue weighted by molar-refractivity contribution is 7.80. The SMILES string of the molecule is CCOC(=O)c1ccc(NC(=S)NC(=O)c2ccc(OCC)c([N+](=O)[O-])c2)cc1. The van der Waals surface area contributed by atoms with E-state index in [1.807, 2.05) is 0 Å². The molecule has 0 aliphatic rings. The molecule has 0 atom stereocenters. The predicted molar refractivity (Wildman–Crippen MR) is 110 cm³/mol. The fourth-order valence-corrected chi connectivity index (χ4v) is 2.53. The smallest absolute Gasteiger partial charge is 0.338 e. The first-order chi connectivity index (χ1) is 13.8. The molecule has 0 saturated carbocycles. The predicted octanol–water partition coefficient (Wildman–Crippen LogP) is 3.30. The largest absolute Gasteiger partial charge is 0.487 e. The zero-order valence-electron chi connectivity index (χ0n) is 15.8. The van der Waals surface area contributed by atoms with E-state index >= 15 is 0 Å². The lowest BCUT2D eigenvalue weighted by molar-refractivity contribution is -0.385. The summed E-state index contributed by atoms with van der Waals surface area (Å²) in [7, 11) is 0. The maximum atomic E-state index is 12.3. The monoisotopic (exact) mass is 417 g/mol. The van der Waals surface area contributed by atoms with Gasteiger partial charge in [-0.1, -0.05) is 0 Å². The molecule has 0 fully saturated rings.